The summed E-state index contributed by atoms with van der Waals surface area (Å²) in [6.45, 7) is 2.91. The molecule has 10 heteroatoms. The summed E-state index contributed by atoms with van der Waals surface area (Å²) in [5.74, 6) is -2.00. The summed E-state index contributed by atoms with van der Waals surface area (Å²) < 4.78 is 53.4. The second-order valence-electron chi connectivity index (χ2n) is 9.82. The van der Waals surface area contributed by atoms with Crippen molar-refractivity contribution < 1.29 is 27.1 Å². The highest BCUT2D eigenvalue weighted by atomic mass is 32.2. The molecule has 0 aromatic heterocycles. The first-order valence-electron chi connectivity index (χ1n) is 12.9. The van der Waals surface area contributed by atoms with Crippen molar-refractivity contribution in [3.63, 3.8) is 0 Å². The van der Waals surface area contributed by atoms with Crippen molar-refractivity contribution in [3.8, 4) is 0 Å². The molecule has 7 nitrogen and oxygen atoms in total. The highest BCUT2D eigenvalue weighted by Gasteiger charge is 2.31. The first-order valence-corrected chi connectivity index (χ1v) is 14.7. The lowest BCUT2D eigenvalue weighted by Crippen LogP contribution is -2.48. The number of hydrogen-bond acceptors (Lipinski definition) is 5. The van der Waals surface area contributed by atoms with Crippen LogP contribution >= 0.6 is 0 Å². The number of hydrogen-bond donors (Lipinski definition) is 3. The molecule has 0 aliphatic carbocycles. The molecule has 208 valence electrons. The van der Waals surface area contributed by atoms with Gasteiger partial charge in [0.15, 0.2) is 0 Å². The largest absolute Gasteiger partial charge is 0.390 e. The number of halogens is 2. The third-order valence-electron chi connectivity index (χ3n) is 6.87. The number of amides is 1. The van der Waals surface area contributed by atoms with Gasteiger partial charge in [-0.15, -0.1) is 0 Å². The van der Waals surface area contributed by atoms with Gasteiger partial charge in [-0.2, -0.15) is 0 Å². The summed E-state index contributed by atoms with van der Waals surface area (Å²) in [5, 5.41) is 17.1. The fourth-order valence-electron chi connectivity index (χ4n) is 4.94. The van der Waals surface area contributed by atoms with Crippen molar-refractivity contribution >= 4 is 21.6 Å². The molecule has 1 amide bonds. The quantitative estimate of drug-likeness (QED) is 0.336. The van der Waals surface area contributed by atoms with E-state index in [1.807, 2.05) is 18.2 Å². The monoisotopic (exact) mass is 557 g/mol. The summed E-state index contributed by atoms with van der Waals surface area (Å²) in [6, 6.07) is 15.1. The summed E-state index contributed by atoms with van der Waals surface area (Å²) in [5.41, 5.74) is 3.87. The average Bonchev–Trinajstić information content (AvgIpc) is 3.33. The third kappa shape index (κ3) is 7.20. The van der Waals surface area contributed by atoms with Gasteiger partial charge in [-0.25, -0.2) is 17.2 Å². The number of rotatable bonds is 11. The van der Waals surface area contributed by atoms with Crippen molar-refractivity contribution in [2.75, 3.05) is 23.7 Å². The van der Waals surface area contributed by atoms with Crippen molar-refractivity contribution in [1.82, 2.24) is 10.6 Å². The van der Waals surface area contributed by atoms with Crippen LogP contribution in [0.1, 0.15) is 39.5 Å². The second-order valence-corrected chi connectivity index (χ2v) is 11.7. The number of aliphatic hydroxyl groups is 1. The van der Waals surface area contributed by atoms with Crippen LogP contribution in [0.5, 0.6) is 0 Å². The van der Waals surface area contributed by atoms with E-state index in [0.29, 0.717) is 29.8 Å². The number of aryl methyl sites for hydroxylation is 1. The van der Waals surface area contributed by atoms with E-state index in [0.717, 1.165) is 24.3 Å². The van der Waals surface area contributed by atoms with Crippen molar-refractivity contribution in [3.05, 3.63) is 100 Å². The zero-order chi connectivity index (χ0) is 28.2. The maximum Gasteiger partial charge on any atom is 0.251 e. The Kier molecular flexibility index (Phi) is 8.99. The molecule has 3 N–H and O–H groups in total. The lowest BCUT2D eigenvalue weighted by Gasteiger charge is -2.25. The smallest absolute Gasteiger partial charge is 0.251 e. The molecule has 3 aromatic carbocycles. The first kappa shape index (κ1) is 28.7. The number of carbonyl (C=O) groups is 1. The van der Waals surface area contributed by atoms with Crippen molar-refractivity contribution in [1.29, 1.82) is 0 Å². The molecular formula is C29H33F2N3O4S. The molecule has 0 unspecified atom stereocenters. The molecule has 3 aromatic rings. The number of fused-ring (bicyclic) bond motifs is 1. The Morgan fingerprint density at radius 2 is 1.72 bits per heavy atom. The standard InChI is InChI=1S/C29H33F2N3O4S/c1-3-19-6-4-7-20(12-19)17-32-18-28(35)26(15-21-13-22(30)16-23(31)14-21)33-29(36)25-8-5-9-27-24(25)10-11-34(27)39(2,37)38/h4-9,12-14,16,26,28,32,35H,3,10-11,15,17-18H2,1-2H3,(H,33,36)/t26-,28-/m0/s1. The predicted octanol–water partition coefficient (Wildman–Crippen LogP) is 3.34. The Balaban J connectivity index is 1.53. The molecule has 0 spiro atoms. The molecule has 2 atom stereocenters. The molecule has 4 rings (SSSR count). The highest BCUT2D eigenvalue weighted by molar-refractivity contribution is 7.92. The molecule has 1 heterocycles. The van der Waals surface area contributed by atoms with Crippen molar-refractivity contribution in [2.45, 2.75) is 44.9 Å². The number of carbonyl (C=O) groups excluding carboxylic acids is 1. The Morgan fingerprint density at radius 3 is 2.41 bits per heavy atom. The van der Waals surface area contributed by atoms with Gasteiger partial charge in [-0.05, 0) is 65.8 Å². The van der Waals surface area contributed by atoms with E-state index in [1.54, 1.807) is 18.2 Å². The molecular weight excluding hydrogens is 524 g/mol. The predicted molar refractivity (Wildman–Crippen MR) is 147 cm³/mol. The molecule has 39 heavy (non-hydrogen) atoms. The molecule has 0 saturated carbocycles. The normalized spacial score (nSPS) is 14.6. The van der Waals surface area contributed by atoms with Gasteiger partial charge in [0.2, 0.25) is 10.0 Å². The maximum atomic E-state index is 13.9. The molecule has 0 bridgehead atoms. The summed E-state index contributed by atoms with van der Waals surface area (Å²) >= 11 is 0. The van der Waals surface area contributed by atoms with Gasteiger partial charge in [0.25, 0.3) is 5.91 Å². The van der Waals surface area contributed by atoms with E-state index in [4.69, 9.17) is 0 Å². The van der Waals surface area contributed by atoms with Crippen LogP contribution in [0.3, 0.4) is 0 Å². The van der Waals surface area contributed by atoms with Crippen LogP contribution in [0, 0.1) is 11.6 Å². The summed E-state index contributed by atoms with van der Waals surface area (Å²) in [4.78, 5) is 13.4. The summed E-state index contributed by atoms with van der Waals surface area (Å²) in [7, 11) is -3.50. The molecule has 0 fully saturated rings. The minimum absolute atomic E-state index is 0.0148. The maximum absolute atomic E-state index is 13.9. The molecule has 0 saturated heterocycles. The minimum atomic E-state index is -3.50. The summed E-state index contributed by atoms with van der Waals surface area (Å²) in [6.07, 6.45) is 1.29. The highest BCUT2D eigenvalue weighted by Crippen LogP contribution is 2.32. The van der Waals surface area contributed by atoms with Crippen LogP contribution in [0.15, 0.2) is 60.7 Å². The zero-order valence-electron chi connectivity index (χ0n) is 22.0. The molecule has 1 aliphatic rings. The fourth-order valence-corrected chi connectivity index (χ4v) is 5.89. The number of nitrogens with one attached hydrogen (secondary N) is 2. The zero-order valence-corrected chi connectivity index (χ0v) is 22.8. The Labute approximate surface area is 227 Å². The van der Waals surface area contributed by atoms with Gasteiger partial charge in [-0.3, -0.25) is 9.10 Å². The van der Waals surface area contributed by atoms with Gasteiger partial charge in [0.1, 0.15) is 11.6 Å². The van der Waals surface area contributed by atoms with Gasteiger partial charge in [0, 0.05) is 31.3 Å². The first-order chi connectivity index (χ1) is 18.5. The van der Waals surface area contributed by atoms with E-state index in [2.05, 4.69) is 23.6 Å². The molecule has 0 radical (unpaired) electrons. The average molecular weight is 558 g/mol. The topological polar surface area (TPSA) is 98.7 Å². The fraction of sp³-hybridized carbons (Fsp3) is 0.345. The van der Waals surface area contributed by atoms with Gasteiger partial charge < -0.3 is 15.7 Å². The van der Waals surface area contributed by atoms with E-state index < -0.39 is 39.7 Å². The number of benzene rings is 3. The Hall–Kier alpha value is -3.34. The van der Waals surface area contributed by atoms with Crippen molar-refractivity contribution in [2.24, 2.45) is 0 Å². The number of anilines is 1. The van der Waals surface area contributed by atoms with E-state index in [-0.39, 0.29) is 25.1 Å². The van der Waals surface area contributed by atoms with Gasteiger partial charge >= 0.3 is 0 Å². The van der Waals surface area contributed by atoms with E-state index in [9.17, 15) is 27.1 Å². The number of aliphatic hydroxyl groups excluding tert-OH is 1. The van der Waals surface area contributed by atoms with Crippen LogP contribution in [0.25, 0.3) is 0 Å². The van der Waals surface area contributed by atoms with E-state index in [1.165, 1.54) is 22.0 Å². The van der Waals surface area contributed by atoms with E-state index >= 15 is 0 Å². The van der Waals surface area contributed by atoms with Gasteiger partial charge in [0.05, 0.1) is 24.1 Å². The van der Waals surface area contributed by atoms with Gasteiger partial charge in [-0.1, -0.05) is 37.3 Å². The second kappa shape index (κ2) is 12.2. The SMILES string of the molecule is CCc1cccc(CNC[C@H](O)[C@H](Cc2cc(F)cc(F)c2)NC(=O)c2cccc3c2CCN3S(C)(=O)=O)c1. The lowest BCUT2D eigenvalue weighted by molar-refractivity contribution is 0.0829. The Morgan fingerprint density at radius 1 is 1.03 bits per heavy atom. The number of nitrogens with zero attached hydrogens (tertiary/aromatic N) is 1. The number of sulfonamides is 1. The van der Waals surface area contributed by atoms with Crippen LogP contribution in [-0.2, 0) is 35.8 Å². The Bertz CT molecular complexity index is 1430. The van der Waals surface area contributed by atoms with Crippen LogP contribution < -0.4 is 14.9 Å². The minimum Gasteiger partial charge on any atom is -0.390 e. The van der Waals surface area contributed by atoms with Crippen LogP contribution in [0.2, 0.25) is 0 Å². The lowest BCUT2D eigenvalue weighted by atomic mass is 9.98. The van der Waals surface area contributed by atoms with Crippen LogP contribution in [0.4, 0.5) is 14.5 Å². The molecule has 1 aliphatic heterocycles. The third-order valence-corrected chi connectivity index (χ3v) is 8.05. The van der Waals surface area contributed by atoms with Crippen LogP contribution in [-0.4, -0.2) is 50.9 Å².